The Morgan fingerprint density at radius 2 is 1.69 bits per heavy atom. The molecule has 6 nitrogen and oxygen atoms in total. The van der Waals surface area contributed by atoms with Gasteiger partial charge in [0.25, 0.3) is 5.56 Å². The molecule has 36 heavy (non-hydrogen) atoms. The monoisotopic (exact) mass is 501 g/mol. The van der Waals surface area contributed by atoms with Gasteiger partial charge in [-0.3, -0.25) is 9.36 Å². The molecule has 2 heterocycles. The lowest BCUT2D eigenvalue weighted by atomic mass is 10.0. The maximum atomic E-state index is 14.3. The summed E-state index contributed by atoms with van der Waals surface area (Å²) in [5.74, 6) is -0.583. The molecule has 1 N–H and O–H groups in total. The number of methoxy groups -OCH3 is 1. The van der Waals surface area contributed by atoms with Crippen molar-refractivity contribution >= 4 is 22.7 Å². The minimum Gasteiger partial charge on any atom is -0.505 e. The quantitative estimate of drug-likeness (QED) is 0.322. The summed E-state index contributed by atoms with van der Waals surface area (Å²) in [6, 6.07) is 22.0. The molecule has 0 spiro atoms. The lowest BCUT2D eigenvalue weighted by Gasteiger charge is -2.19. The van der Waals surface area contributed by atoms with Crippen molar-refractivity contribution in [2.75, 3.05) is 7.11 Å². The number of aryl methyl sites for hydroxylation is 1. The number of benzene rings is 3. The van der Waals surface area contributed by atoms with E-state index in [9.17, 15) is 19.1 Å². The first-order chi connectivity index (χ1) is 17.4. The summed E-state index contributed by atoms with van der Waals surface area (Å²) < 4.78 is 26.7. The van der Waals surface area contributed by atoms with Gasteiger partial charge in [0, 0.05) is 16.5 Å². The number of fused-ring (bicyclic) bond motifs is 1. The molecule has 0 bridgehead atoms. The molecule has 2 aromatic heterocycles. The number of pyridine rings is 1. The third-order valence-electron chi connectivity index (χ3n) is 5.80. The SMILES string of the molecule is COc1cccc(-n2c(-c3ccccc3)c(C)c3oc(=O)c(Sc4ccccc4F)c(O)c3c2=O)c1. The van der Waals surface area contributed by atoms with Gasteiger partial charge in [-0.25, -0.2) is 9.18 Å². The van der Waals surface area contributed by atoms with E-state index in [1.54, 1.807) is 37.3 Å². The van der Waals surface area contributed by atoms with Crippen LogP contribution in [0.15, 0.2) is 103 Å². The minimum atomic E-state index is -0.867. The van der Waals surface area contributed by atoms with Gasteiger partial charge in [-0.15, -0.1) is 0 Å². The molecule has 0 aliphatic carbocycles. The Labute approximate surface area is 209 Å². The first kappa shape index (κ1) is 23.4. The topological polar surface area (TPSA) is 81.7 Å². The largest absolute Gasteiger partial charge is 0.505 e. The van der Waals surface area contributed by atoms with Gasteiger partial charge in [0.05, 0.1) is 18.5 Å². The van der Waals surface area contributed by atoms with Gasteiger partial charge >= 0.3 is 5.63 Å². The van der Waals surface area contributed by atoms with Crippen molar-refractivity contribution < 1.29 is 18.7 Å². The Hall–Kier alpha value is -4.30. The fourth-order valence-corrected chi connectivity index (χ4v) is 4.98. The summed E-state index contributed by atoms with van der Waals surface area (Å²) in [7, 11) is 1.53. The Balaban J connectivity index is 1.88. The molecule has 0 aliphatic heterocycles. The molecule has 0 fully saturated rings. The summed E-state index contributed by atoms with van der Waals surface area (Å²) in [5, 5.41) is 11.0. The maximum absolute atomic E-state index is 14.3. The molecular weight excluding hydrogens is 481 g/mol. The molecule has 5 aromatic rings. The van der Waals surface area contributed by atoms with E-state index in [0.717, 1.165) is 0 Å². The highest BCUT2D eigenvalue weighted by atomic mass is 32.2. The van der Waals surface area contributed by atoms with Gasteiger partial charge in [-0.2, -0.15) is 0 Å². The van der Waals surface area contributed by atoms with Gasteiger partial charge in [-0.05, 0) is 36.8 Å². The van der Waals surface area contributed by atoms with E-state index in [0.29, 0.717) is 40.0 Å². The van der Waals surface area contributed by atoms with Crippen molar-refractivity contribution in [1.82, 2.24) is 4.57 Å². The average molecular weight is 502 g/mol. The number of aromatic nitrogens is 1. The van der Waals surface area contributed by atoms with E-state index in [1.165, 1.54) is 29.9 Å². The molecule has 0 aliphatic rings. The number of nitrogens with zero attached hydrogens (tertiary/aromatic N) is 1. The molecule has 0 saturated heterocycles. The molecule has 5 rings (SSSR count). The number of rotatable bonds is 5. The van der Waals surface area contributed by atoms with E-state index in [4.69, 9.17) is 9.15 Å². The fraction of sp³-hybridized carbons (Fsp3) is 0.0714. The molecule has 3 aromatic carbocycles. The smallest absolute Gasteiger partial charge is 0.354 e. The Morgan fingerprint density at radius 1 is 0.972 bits per heavy atom. The van der Waals surface area contributed by atoms with Crippen molar-refractivity contribution in [3.8, 4) is 28.4 Å². The predicted molar refractivity (Wildman–Crippen MR) is 137 cm³/mol. The van der Waals surface area contributed by atoms with Gasteiger partial charge in [-0.1, -0.05) is 60.3 Å². The van der Waals surface area contributed by atoms with Crippen molar-refractivity contribution in [1.29, 1.82) is 0 Å². The van der Waals surface area contributed by atoms with Crippen LogP contribution in [0.2, 0.25) is 0 Å². The third kappa shape index (κ3) is 3.95. The van der Waals surface area contributed by atoms with Crippen molar-refractivity contribution in [3.05, 3.63) is 111 Å². The normalized spacial score (nSPS) is 11.1. The van der Waals surface area contributed by atoms with Crippen LogP contribution in [0.25, 0.3) is 27.9 Å². The van der Waals surface area contributed by atoms with Crippen LogP contribution in [0.3, 0.4) is 0 Å². The summed E-state index contributed by atoms with van der Waals surface area (Å²) in [6.07, 6.45) is 0. The molecule has 0 amide bonds. The van der Waals surface area contributed by atoms with E-state index >= 15 is 0 Å². The van der Waals surface area contributed by atoms with E-state index in [-0.39, 0.29) is 20.8 Å². The third-order valence-corrected chi connectivity index (χ3v) is 6.92. The van der Waals surface area contributed by atoms with Crippen molar-refractivity contribution in [2.45, 2.75) is 16.7 Å². The van der Waals surface area contributed by atoms with Crippen LogP contribution >= 0.6 is 11.8 Å². The number of aromatic hydroxyl groups is 1. The number of hydrogen-bond donors (Lipinski definition) is 1. The highest BCUT2D eigenvalue weighted by Crippen LogP contribution is 2.39. The first-order valence-electron chi connectivity index (χ1n) is 11.0. The van der Waals surface area contributed by atoms with Gasteiger partial charge < -0.3 is 14.3 Å². The van der Waals surface area contributed by atoms with Crippen molar-refractivity contribution in [2.24, 2.45) is 0 Å². The fourth-order valence-electron chi connectivity index (χ4n) is 4.12. The Bertz CT molecular complexity index is 1730. The van der Waals surface area contributed by atoms with Crippen LogP contribution in [0.4, 0.5) is 4.39 Å². The highest BCUT2D eigenvalue weighted by Gasteiger charge is 2.25. The van der Waals surface area contributed by atoms with Crippen molar-refractivity contribution in [3.63, 3.8) is 0 Å². The van der Waals surface area contributed by atoms with Crippen LogP contribution in [0, 0.1) is 12.7 Å². The highest BCUT2D eigenvalue weighted by molar-refractivity contribution is 7.99. The zero-order valence-corrected chi connectivity index (χ0v) is 20.1. The number of ether oxygens (including phenoxy) is 1. The summed E-state index contributed by atoms with van der Waals surface area (Å²) in [5.41, 5.74) is 0.694. The summed E-state index contributed by atoms with van der Waals surface area (Å²) in [4.78, 5) is 26.8. The molecule has 0 atom stereocenters. The summed E-state index contributed by atoms with van der Waals surface area (Å²) in [6.45, 7) is 1.72. The average Bonchev–Trinajstić information content (AvgIpc) is 2.89. The van der Waals surface area contributed by atoms with Gasteiger partial charge in [0.15, 0.2) is 11.3 Å². The van der Waals surface area contributed by atoms with E-state index < -0.39 is 22.8 Å². The molecule has 0 radical (unpaired) electrons. The molecular formula is C28H20FNO5S. The molecule has 180 valence electrons. The molecule has 0 unspecified atom stereocenters. The minimum absolute atomic E-state index is 0.0293. The van der Waals surface area contributed by atoms with Crippen LogP contribution in [-0.2, 0) is 0 Å². The molecule has 0 saturated carbocycles. The second kappa shape index (κ2) is 9.39. The van der Waals surface area contributed by atoms with Crippen LogP contribution in [0.5, 0.6) is 11.5 Å². The zero-order valence-electron chi connectivity index (χ0n) is 19.3. The zero-order chi connectivity index (χ0) is 25.4. The number of halogens is 1. The van der Waals surface area contributed by atoms with E-state index in [2.05, 4.69) is 0 Å². The van der Waals surface area contributed by atoms with Crippen LogP contribution < -0.4 is 15.9 Å². The van der Waals surface area contributed by atoms with Gasteiger partial charge in [0.2, 0.25) is 0 Å². The first-order valence-corrected chi connectivity index (χ1v) is 11.8. The number of hydrogen-bond acceptors (Lipinski definition) is 6. The van der Waals surface area contributed by atoms with Crippen LogP contribution in [0.1, 0.15) is 5.56 Å². The maximum Gasteiger partial charge on any atom is 0.354 e. The Kier molecular flexibility index (Phi) is 6.12. The van der Waals surface area contributed by atoms with Gasteiger partial charge in [0.1, 0.15) is 21.8 Å². The van der Waals surface area contributed by atoms with E-state index in [1.807, 2.05) is 30.3 Å². The second-order valence-electron chi connectivity index (χ2n) is 7.99. The van der Waals surface area contributed by atoms with Crippen LogP contribution in [-0.4, -0.2) is 16.8 Å². The molecule has 8 heteroatoms. The standard InChI is InChI=1S/C28H20FNO5S/c1-16-23(17-9-4-3-5-10-17)30(18-11-8-12-19(15-18)34-2)27(32)22-24(31)26(28(33)35-25(16)22)36-21-14-7-6-13-20(21)29/h3-15,31H,1-2H3. The second-order valence-corrected chi connectivity index (χ2v) is 9.04. The lowest BCUT2D eigenvalue weighted by Crippen LogP contribution is -2.23. The Morgan fingerprint density at radius 3 is 2.42 bits per heavy atom. The lowest BCUT2D eigenvalue weighted by molar-refractivity contribution is 0.414. The predicted octanol–water partition coefficient (Wildman–Crippen LogP) is 5.92. The summed E-state index contributed by atoms with van der Waals surface area (Å²) >= 11 is 0.706.